The zero-order valence-corrected chi connectivity index (χ0v) is 7.61. The Balaban J connectivity index is 2.46. The van der Waals surface area contributed by atoms with E-state index in [4.69, 9.17) is 4.42 Å². The Bertz CT molecular complexity index is 489. The van der Waals surface area contributed by atoms with Crippen molar-refractivity contribution >= 4 is 5.78 Å². The number of ketones is 1. The first kappa shape index (κ1) is 9.45. The average Bonchev–Trinajstić information content (AvgIpc) is 2.74. The van der Waals surface area contributed by atoms with Gasteiger partial charge in [-0.15, -0.1) is 0 Å². The van der Waals surface area contributed by atoms with E-state index >= 15 is 0 Å². The van der Waals surface area contributed by atoms with Crippen LogP contribution in [0, 0.1) is 5.82 Å². The molecule has 1 aromatic heterocycles. The number of carbonyl (C=O) groups is 1. The fraction of sp³-hybridized carbons (Fsp3) is 0. The van der Waals surface area contributed by atoms with E-state index in [2.05, 4.69) is 0 Å². The lowest BCUT2D eigenvalue weighted by Gasteiger charge is -2.01. The highest BCUT2D eigenvalue weighted by Gasteiger charge is 2.16. The van der Waals surface area contributed by atoms with E-state index in [0.29, 0.717) is 0 Å². The Morgan fingerprint density at radius 1 is 1.33 bits per heavy atom. The lowest BCUT2D eigenvalue weighted by molar-refractivity contribution is 0.101. The molecule has 2 rings (SSSR count). The van der Waals surface area contributed by atoms with E-state index in [1.165, 1.54) is 12.3 Å². The summed E-state index contributed by atoms with van der Waals surface area (Å²) >= 11 is 0. The van der Waals surface area contributed by atoms with E-state index in [0.717, 1.165) is 18.2 Å². The predicted octanol–water partition coefficient (Wildman–Crippen LogP) is 2.36. The van der Waals surface area contributed by atoms with Gasteiger partial charge in [0.05, 0.1) is 11.8 Å². The molecule has 3 nitrogen and oxygen atoms in total. The van der Waals surface area contributed by atoms with E-state index < -0.39 is 11.6 Å². The van der Waals surface area contributed by atoms with Crippen LogP contribution < -0.4 is 0 Å². The van der Waals surface area contributed by atoms with Crippen LogP contribution in [0.15, 0.2) is 41.0 Å². The van der Waals surface area contributed by atoms with Crippen molar-refractivity contribution < 1.29 is 18.7 Å². The maximum atomic E-state index is 12.9. The van der Waals surface area contributed by atoms with Gasteiger partial charge in [-0.2, -0.15) is 0 Å². The maximum absolute atomic E-state index is 12.9. The second-order valence-corrected chi connectivity index (χ2v) is 2.97. The molecule has 0 spiro atoms. The second kappa shape index (κ2) is 3.57. The molecule has 0 bridgehead atoms. The number of phenols is 1. The normalized spacial score (nSPS) is 10.2. The molecule has 0 amide bonds. The molecule has 0 fully saturated rings. The van der Waals surface area contributed by atoms with Crippen LogP contribution in [0.5, 0.6) is 5.75 Å². The third-order valence-corrected chi connectivity index (χ3v) is 1.95. The molecule has 76 valence electrons. The molecule has 0 saturated heterocycles. The van der Waals surface area contributed by atoms with Crippen LogP contribution in [-0.4, -0.2) is 10.9 Å². The fourth-order valence-corrected chi connectivity index (χ4v) is 1.23. The number of hydrogen-bond donors (Lipinski definition) is 1. The van der Waals surface area contributed by atoms with Crippen molar-refractivity contribution in [2.75, 3.05) is 0 Å². The van der Waals surface area contributed by atoms with Gasteiger partial charge in [0.15, 0.2) is 5.76 Å². The summed E-state index contributed by atoms with van der Waals surface area (Å²) in [6.07, 6.45) is 1.34. The molecule has 0 aliphatic heterocycles. The average molecular weight is 206 g/mol. The standard InChI is InChI=1S/C11H7FO3/c12-7-3-4-9(13)8(6-7)11(14)10-2-1-5-15-10/h1-6,13H. The van der Waals surface area contributed by atoms with Gasteiger partial charge in [-0.3, -0.25) is 4.79 Å². The van der Waals surface area contributed by atoms with Gasteiger partial charge in [-0.05, 0) is 30.3 Å². The summed E-state index contributed by atoms with van der Waals surface area (Å²) in [4.78, 5) is 11.7. The smallest absolute Gasteiger partial charge is 0.231 e. The molecule has 1 aromatic carbocycles. The summed E-state index contributed by atoms with van der Waals surface area (Å²) < 4.78 is 17.7. The van der Waals surface area contributed by atoms with Gasteiger partial charge < -0.3 is 9.52 Å². The first-order valence-electron chi connectivity index (χ1n) is 4.25. The van der Waals surface area contributed by atoms with E-state index in [1.54, 1.807) is 6.07 Å². The number of phenolic OH excluding ortho intramolecular Hbond substituents is 1. The summed E-state index contributed by atoms with van der Waals surface area (Å²) in [5.74, 6) is -1.33. The minimum Gasteiger partial charge on any atom is -0.507 e. The molecule has 0 atom stereocenters. The maximum Gasteiger partial charge on any atom is 0.231 e. The molecule has 0 radical (unpaired) electrons. The third-order valence-electron chi connectivity index (χ3n) is 1.95. The third kappa shape index (κ3) is 1.74. The molecule has 2 aromatic rings. The number of rotatable bonds is 2. The van der Waals surface area contributed by atoms with Crippen LogP contribution in [0.1, 0.15) is 16.1 Å². The minimum absolute atomic E-state index is 0.0656. The Morgan fingerprint density at radius 3 is 2.80 bits per heavy atom. The topological polar surface area (TPSA) is 50.4 Å². The minimum atomic E-state index is -0.581. The van der Waals surface area contributed by atoms with Crippen molar-refractivity contribution in [2.45, 2.75) is 0 Å². The zero-order valence-electron chi connectivity index (χ0n) is 7.61. The largest absolute Gasteiger partial charge is 0.507 e. The Kier molecular flexibility index (Phi) is 2.25. The lowest BCUT2D eigenvalue weighted by Crippen LogP contribution is -2.00. The molecule has 0 aliphatic rings. The van der Waals surface area contributed by atoms with Gasteiger partial charge in [0, 0.05) is 0 Å². The lowest BCUT2D eigenvalue weighted by atomic mass is 10.1. The first-order chi connectivity index (χ1) is 7.18. The molecule has 1 heterocycles. The highest BCUT2D eigenvalue weighted by atomic mass is 19.1. The molecule has 0 aliphatic carbocycles. The van der Waals surface area contributed by atoms with Crippen molar-refractivity contribution in [2.24, 2.45) is 0 Å². The molecular weight excluding hydrogens is 199 g/mol. The van der Waals surface area contributed by atoms with Crippen LogP contribution in [0.3, 0.4) is 0 Å². The first-order valence-corrected chi connectivity index (χ1v) is 4.25. The second-order valence-electron chi connectivity index (χ2n) is 2.97. The SMILES string of the molecule is O=C(c1ccco1)c1cc(F)ccc1O. The Morgan fingerprint density at radius 2 is 2.13 bits per heavy atom. The number of aromatic hydroxyl groups is 1. The Labute approximate surface area is 84.8 Å². The van der Waals surface area contributed by atoms with Crippen molar-refractivity contribution in [1.29, 1.82) is 0 Å². The molecule has 0 saturated carbocycles. The van der Waals surface area contributed by atoms with Gasteiger partial charge in [-0.1, -0.05) is 0 Å². The zero-order chi connectivity index (χ0) is 10.8. The monoisotopic (exact) mass is 206 g/mol. The van der Waals surface area contributed by atoms with Gasteiger partial charge >= 0.3 is 0 Å². The predicted molar refractivity (Wildman–Crippen MR) is 50.2 cm³/mol. The van der Waals surface area contributed by atoms with Crippen LogP contribution in [0.25, 0.3) is 0 Å². The quantitative estimate of drug-likeness (QED) is 0.767. The van der Waals surface area contributed by atoms with Gasteiger partial charge in [0.25, 0.3) is 0 Å². The van der Waals surface area contributed by atoms with Crippen molar-refractivity contribution in [3.8, 4) is 5.75 Å². The fourth-order valence-electron chi connectivity index (χ4n) is 1.23. The van der Waals surface area contributed by atoms with E-state index in [9.17, 15) is 14.3 Å². The van der Waals surface area contributed by atoms with Crippen molar-refractivity contribution in [3.05, 3.63) is 53.7 Å². The number of benzene rings is 1. The van der Waals surface area contributed by atoms with Crippen LogP contribution in [0.2, 0.25) is 0 Å². The molecule has 0 unspecified atom stereocenters. The highest BCUT2D eigenvalue weighted by Crippen LogP contribution is 2.21. The highest BCUT2D eigenvalue weighted by molar-refractivity contribution is 6.08. The van der Waals surface area contributed by atoms with Crippen molar-refractivity contribution in [1.82, 2.24) is 0 Å². The number of furan rings is 1. The van der Waals surface area contributed by atoms with Gasteiger partial charge in [0.2, 0.25) is 5.78 Å². The van der Waals surface area contributed by atoms with Gasteiger partial charge in [-0.25, -0.2) is 4.39 Å². The number of hydrogen-bond acceptors (Lipinski definition) is 3. The summed E-state index contributed by atoms with van der Waals surface area (Å²) in [7, 11) is 0. The Hall–Kier alpha value is -2.10. The number of halogens is 1. The number of carbonyl (C=O) groups excluding carboxylic acids is 1. The van der Waals surface area contributed by atoms with Crippen LogP contribution in [-0.2, 0) is 0 Å². The van der Waals surface area contributed by atoms with E-state index in [-0.39, 0.29) is 17.1 Å². The van der Waals surface area contributed by atoms with Gasteiger partial charge in [0.1, 0.15) is 11.6 Å². The van der Waals surface area contributed by atoms with Crippen molar-refractivity contribution in [3.63, 3.8) is 0 Å². The summed E-state index contributed by atoms with van der Waals surface area (Å²) in [6, 6.07) is 6.18. The summed E-state index contributed by atoms with van der Waals surface area (Å²) in [6.45, 7) is 0. The summed E-state index contributed by atoms with van der Waals surface area (Å²) in [5, 5.41) is 9.38. The van der Waals surface area contributed by atoms with Crippen LogP contribution in [0.4, 0.5) is 4.39 Å². The van der Waals surface area contributed by atoms with Crippen LogP contribution >= 0.6 is 0 Å². The molecule has 15 heavy (non-hydrogen) atoms. The molecular formula is C11H7FO3. The summed E-state index contributed by atoms with van der Waals surface area (Å²) in [5.41, 5.74) is -0.107. The van der Waals surface area contributed by atoms with E-state index in [1.807, 2.05) is 0 Å². The molecule has 4 heteroatoms. The molecule has 1 N–H and O–H groups in total.